The molecule has 2 aromatic heterocycles. The Morgan fingerprint density at radius 2 is 2.05 bits per heavy atom. The van der Waals surface area contributed by atoms with Crippen molar-refractivity contribution in [2.24, 2.45) is 5.41 Å². The summed E-state index contributed by atoms with van der Waals surface area (Å²) in [7, 11) is 0. The minimum absolute atomic E-state index is 0.404. The van der Waals surface area contributed by atoms with Gasteiger partial charge in [-0.05, 0) is 37.9 Å². The molecule has 2 saturated heterocycles. The third-order valence-corrected chi connectivity index (χ3v) is 5.00. The molecule has 2 aromatic rings. The summed E-state index contributed by atoms with van der Waals surface area (Å²) < 4.78 is 5.19. The van der Waals surface area contributed by atoms with Crippen molar-refractivity contribution in [3.8, 4) is 0 Å². The number of furan rings is 1. The van der Waals surface area contributed by atoms with Gasteiger partial charge in [0.1, 0.15) is 0 Å². The Balaban J connectivity index is 1.43. The monoisotopic (exact) mass is 298 g/mol. The topological polar surface area (TPSA) is 45.4 Å². The summed E-state index contributed by atoms with van der Waals surface area (Å²) in [6.07, 6.45) is 11.1. The largest absolute Gasteiger partial charge is 0.472 e. The quantitative estimate of drug-likeness (QED) is 0.871. The summed E-state index contributed by atoms with van der Waals surface area (Å²) in [6.45, 7) is 5.50. The molecule has 1 atom stereocenters. The second kappa shape index (κ2) is 5.72. The molecule has 0 aromatic carbocycles. The van der Waals surface area contributed by atoms with E-state index in [-0.39, 0.29) is 0 Å². The molecule has 4 heterocycles. The van der Waals surface area contributed by atoms with Gasteiger partial charge in [-0.15, -0.1) is 0 Å². The maximum atomic E-state index is 5.19. The Kier molecular flexibility index (Phi) is 3.58. The fourth-order valence-corrected chi connectivity index (χ4v) is 3.97. The zero-order valence-corrected chi connectivity index (χ0v) is 12.8. The third kappa shape index (κ3) is 2.73. The van der Waals surface area contributed by atoms with Crippen LogP contribution in [0.1, 0.15) is 24.8 Å². The molecule has 22 heavy (non-hydrogen) atoms. The summed E-state index contributed by atoms with van der Waals surface area (Å²) in [5.74, 6) is 0.884. The highest BCUT2D eigenvalue weighted by Crippen LogP contribution is 2.40. The fraction of sp³-hybridized carbons (Fsp3) is 0.529. The van der Waals surface area contributed by atoms with Crippen LogP contribution in [-0.4, -0.2) is 41.0 Å². The Morgan fingerprint density at radius 1 is 1.14 bits per heavy atom. The van der Waals surface area contributed by atoms with Crippen LogP contribution in [0, 0.1) is 5.41 Å². The van der Waals surface area contributed by atoms with Gasteiger partial charge >= 0.3 is 0 Å². The average Bonchev–Trinajstić information content (AvgIpc) is 3.20. The standard InChI is InChI=1S/C17H22N4O/c1-4-17(14-21(8-1)16-18-6-2-7-19-16)5-9-20(13-17)11-15-3-10-22-12-15/h2-3,6-7,10,12H,1,4-5,8-9,11,13-14H2/t17-/m1/s1. The molecule has 5 heteroatoms. The second-order valence-electron chi connectivity index (χ2n) is 6.67. The van der Waals surface area contributed by atoms with Crippen LogP contribution < -0.4 is 4.90 Å². The SMILES string of the molecule is c1cnc(N2CCC[C@]3(CCN(Cc4ccoc4)C3)C2)nc1. The first kappa shape index (κ1) is 13.8. The summed E-state index contributed by atoms with van der Waals surface area (Å²) in [5, 5.41) is 0. The van der Waals surface area contributed by atoms with Crippen molar-refractivity contribution in [3.63, 3.8) is 0 Å². The third-order valence-electron chi connectivity index (χ3n) is 5.00. The van der Waals surface area contributed by atoms with E-state index >= 15 is 0 Å². The number of aromatic nitrogens is 2. The normalized spacial score (nSPS) is 25.9. The minimum atomic E-state index is 0.404. The molecule has 0 bridgehead atoms. The summed E-state index contributed by atoms with van der Waals surface area (Å²) in [5.41, 5.74) is 1.68. The van der Waals surface area contributed by atoms with Crippen molar-refractivity contribution >= 4 is 5.95 Å². The van der Waals surface area contributed by atoms with Crippen molar-refractivity contribution in [2.45, 2.75) is 25.8 Å². The van der Waals surface area contributed by atoms with Gasteiger partial charge < -0.3 is 9.32 Å². The highest BCUT2D eigenvalue weighted by atomic mass is 16.3. The highest BCUT2D eigenvalue weighted by Gasteiger charge is 2.41. The number of anilines is 1. The van der Waals surface area contributed by atoms with Gasteiger partial charge in [-0.3, -0.25) is 4.90 Å². The molecule has 1 spiro atoms. The summed E-state index contributed by atoms with van der Waals surface area (Å²) in [6, 6.07) is 3.95. The van der Waals surface area contributed by atoms with Crippen LogP contribution >= 0.6 is 0 Å². The Morgan fingerprint density at radius 3 is 2.86 bits per heavy atom. The van der Waals surface area contributed by atoms with Crippen LogP contribution in [0.3, 0.4) is 0 Å². The Labute approximate surface area is 131 Å². The first-order valence-corrected chi connectivity index (χ1v) is 8.08. The molecular weight excluding hydrogens is 276 g/mol. The van der Waals surface area contributed by atoms with E-state index < -0.39 is 0 Å². The van der Waals surface area contributed by atoms with Gasteiger partial charge in [0.05, 0.1) is 12.5 Å². The highest BCUT2D eigenvalue weighted by molar-refractivity contribution is 5.30. The van der Waals surface area contributed by atoms with E-state index in [2.05, 4.69) is 25.8 Å². The van der Waals surface area contributed by atoms with E-state index in [1.54, 1.807) is 6.26 Å². The zero-order chi connectivity index (χ0) is 14.8. The van der Waals surface area contributed by atoms with Crippen LogP contribution in [-0.2, 0) is 6.54 Å². The maximum absolute atomic E-state index is 5.19. The summed E-state index contributed by atoms with van der Waals surface area (Å²) in [4.78, 5) is 13.8. The zero-order valence-electron chi connectivity index (χ0n) is 12.8. The molecule has 2 aliphatic rings. The van der Waals surface area contributed by atoms with Crippen molar-refractivity contribution in [3.05, 3.63) is 42.6 Å². The molecule has 0 radical (unpaired) electrons. The molecular formula is C17H22N4O. The number of nitrogens with zero attached hydrogens (tertiary/aromatic N) is 4. The molecule has 0 unspecified atom stereocenters. The van der Waals surface area contributed by atoms with Crippen molar-refractivity contribution in [1.29, 1.82) is 0 Å². The van der Waals surface area contributed by atoms with E-state index in [1.807, 2.05) is 24.7 Å². The van der Waals surface area contributed by atoms with E-state index in [1.165, 1.54) is 37.9 Å². The van der Waals surface area contributed by atoms with Crippen LogP contribution in [0.2, 0.25) is 0 Å². The molecule has 5 nitrogen and oxygen atoms in total. The van der Waals surface area contributed by atoms with Crippen LogP contribution in [0.15, 0.2) is 41.5 Å². The van der Waals surface area contributed by atoms with E-state index in [9.17, 15) is 0 Å². The Hall–Kier alpha value is -1.88. The Bertz CT molecular complexity index is 600. The first-order valence-electron chi connectivity index (χ1n) is 8.08. The van der Waals surface area contributed by atoms with Gasteiger partial charge in [0, 0.05) is 49.6 Å². The number of hydrogen-bond acceptors (Lipinski definition) is 5. The molecule has 2 aliphatic heterocycles. The van der Waals surface area contributed by atoms with Crippen molar-refractivity contribution < 1.29 is 4.42 Å². The molecule has 2 fully saturated rings. The molecule has 4 rings (SSSR count). The van der Waals surface area contributed by atoms with Gasteiger partial charge in [0.2, 0.25) is 5.95 Å². The van der Waals surface area contributed by atoms with Crippen LogP contribution in [0.4, 0.5) is 5.95 Å². The molecule has 0 aliphatic carbocycles. The lowest BCUT2D eigenvalue weighted by molar-refractivity contribution is 0.215. The molecule has 0 saturated carbocycles. The van der Waals surface area contributed by atoms with E-state index in [0.717, 1.165) is 25.6 Å². The lowest BCUT2D eigenvalue weighted by Crippen LogP contribution is -2.45. The number of likely N-dealkylation sites (tertiary alicyclic amines) is 1. The van der Waals surface area contributed by atoms with E-state index in [4.69, 9.17) is 4.42 Å². The van der Waals surface area contributed by atoms with Crippen LogP contribution in [0.5, 0.6) is 0 Å². The lowest BCUT2D eigenvalue weighted by atomic mass is 9.79. The van der Waals surface area contributed by atoms with Crippen molar-refractivity contribution in [1.82, 2.24) is 14.9 Å². The number of piperidine rings is 1. The lowest BCUT2D eigenvalue weighted by Gasteiger charge is -2.40. The van der Waals surface area contributed by atoms with Crippen molar-refractivity contribution in [2.75, 3.05) is 31.1 Å². The number of hydrogen-bond donors (Lipinski definition) is 0. The maximum Gasteiger partial charge on any atom is 0.225 e. The molecule has 0 amide bonds. The molecule has 116 valence electrons. The van der Waals surface area contributed by atoms with Gasteiger partial charge in [-0.1, -0.05) is 0 Å². The minimum Gasteiger partial charge on any atom is -0.472 e. The average molecular weight is 298 g/mol. The first-order chi connectivity index (χ1) is 10.8. The predicted molar refractivity (Wildman–Crippen MR) is 84.5 cm³/mol. The second-order valence-corrected chi connectivity index (χ2v) is 6.67. The number of rotatable bonds is 3. The van der Waals surface area contributed by atoms with E-state index in [0.29, 0.717) is 5.41 Å². The van der Waals surface area contributed by atoms with Crippen LogP contribution in [0.25, 0.3) is 0 Å². The predicted octanol–water partition coefficient (Wildman–Crippen LogP) is 2.56. The fourth-order valence-electron chi connectivity index (χ4n) is 3.97. The molecule has 0 N–H and O–H groups in total. The van der Waals surface area contributed by atoms with Gasteiger partial charge in [0.15, 0.2) is 0 Å². The smallest absolute Gasteiger partial charge is 0.225 e. The van der Waals surface area contributed by atoms with Gasteiger partial charge in [0.25, 0.3) is 0 Å². The van der Waals surface area contributed by atoms with Gasteiger partial charge in [-0.25, -0.2) is 9.97 Å². The summed E-state index contributed by atoms with van der Waals surface area (Å²) >= 11 is 0. The van der Waals surface area contributed by atoms with Gasteiger partial charge in [-0.2, -0.15) is 0 Å².